The monoisotopic (exact) mass is 219 g/mol. The molecule has 0 aromatic carbocycles. The first-order valence-electron chi connectivity index (χ1n) is 4.55. The number of anilines is 1. The summed E-state index contributed by atoms with van der Waals surface area (Å²) in [6.07, 6.45) is 2.92. The lowest BCUT2D eigenvalue weighted by molar-refractivity contribution is 0.0996. The molecule has 0 saturated heterocycles. The van der Waals surface area contributed by atoms with Crippen molar-refractivity contribution in [2.75, 3.05) is 5.32 Å². The first-order chi connectivity index (χ1) is 7.66. The van der Waals surface area contributed by atoms with Crippen LogP contribution in [-0.2, 0) is 7.05 Å². The number of furan rings is 1. The minimum Gasteiger partial charge on any atom is -0.459 e. The Morgan fingerprint density at radius 3 is 2.94 bits per heavy atom. The number of nitrogens with one attached hydrogen (secondary N) is 1. The summed E-state index contributed by atoms with van der Waals surface area (Å²) in [5.41, 5.74) is -0.433. The van der Waals surface area contributed by atoms with Crippen molar-refractivity contribution in [3.63, 3.8) is 0 Å². The second-order valence-electron chi connectivity index (χ2n) is 3.14. The van der Waals surface area contributed by atoms with E-state index in [0.29, 0.717) is 0 Å². The fraction of sp³-hybridized carbons (Fsp3) is 0.100. The molecule has 6 heteroatoms. The number of hydrogen-bond donors (Lipinski definition) is 1. The van der Waals surface area contributed by atoms with Gasteiger partial charge in [0.15, 0.2) is 5.76 Å². The molecule has 82 valence electrons. The summed E-state index contributed by atoms with van der Waals surface area (Å²) < 4.78 is 6.21. The van der Waals surface area contributed by atoms with Crippen LogP contribution in [0.1, 0.15) is 10.6 Å². The number of rotatable bonds is 2. The third-order valence-corrected chi connectivity index (χ3v) is 1.96. The normalized spacial score (nSPS) is 10.1. The molecule has 2 rings (SSSR count). The summed E-state index contributed by atoms with van der Waals surface area (Å²) in [6, 6.07) is 4.66. The third kappa shape index (κ3) is 2.00. The molecular weight excluding hydrogens is 210 g/mol. The van der Waals surface area contributed by atoms with Gasteiger partial charge in [-0.25, -0.2) is 4.79 Å². The van der Waals surface area contributed by atoms with Crippen LogP contribution in [-0.4, -0.2) is 15.5 Å². The maximum Gasteiger partial charge on any atom is 0.349 e. The quantitative estimate of drug-likeness (QED) is 0.803. The van der Waals surface area contributed by atoms with Gasteiger partial charge in [-0.3, -0.25) is 4.79 Å². The molecule has 0 unspecified atom stereocenters. The Morgan fingerprint density at radius 1 is 1.50 bits per heavy atom. The van der Waals surface area contributed by atoms with E-state index in [1.54, 1.807) is 13.1 Å². The molecule has 0 bridgehead atoms. The largest absolute Gasteiger partial charge is 0.459 e. The second kappa shape index (κ2) is 4.01. The summed E-state index contributed by atoms with van der Waals surface area (Å²) >= 11 is 0. The van der Waals surface area contributed by atoms with Gasteiger partial charge in [0.25, 0.3) is 5.91 Å². The predicted molar refractivity (Wildman–Crippen MR) is 56.1 cm³/mol. The Hall–Kier alpha value is -2.37. The van der Waals surface area contributed by atoms with E-state index in [9.17, 15) is 9.59 Å². The molecule has 2 aromatic heterocycles. The number of nitrogens with zero attached hydrogens (tertiary/aromatic N) is 2. The van der Waals surface area contributed by atoms with E-state index in [2.05, 4.69) is 10.3 Å². The predicted octanol–water partition coefficient (Wildman–Crippen LogP) is 0.626. The van der Waals surface area contributed by atoms with Gasteiger partial charge < -0.3 is 14.3 Å². The van der Waals surface area contributed by atoms with Gasteiger partial charge in [0.05, 0.1) is 6.26 Å². The van der Waals surface area contributed by atoms with E-state index in [1.165, 1.54) is 29.2 Å². The van der Waals surface area contributed by atoms with Gasteiger partial charge in [0.2, 0.25) is 0 Å². The van der Waals surface area contributed by atoms with Gasteiger partial charge in [-0.2, -0.15) is 4.98 Å². The van der Waals surface area contributed by atoms with Gasteiger partial charge in [0, 0.05) is 13.2 Å². The molecule has 0 spiro atoms. The van der Waals surface area contributed by atoms with Crippen molar-refractivity contribution in [2.24, 2.45) is 7.05 Å². The number of hydrogen-bond acceptors (Lipinski definition) is 4. The number of amides is 1. The molecule has 1 amide bonds. The molecule has 6 nitrogen and oxygen atoms in total. The van der Waals surface area contributed by atoms with E-state index < -0.39 is 11.6 Å². The smallest absolute Gasteiger partial charge is 0.349 e. The van der Waals surface area contributed by atoms with Gasteiger partial charge >= 0.3 is 5.69 Å². The van der Waals surface area contributed by atoms with Crippen LogP contribution >= 0.6 is 0 Å². The lowest BCUT2D eigenvalue weighted by Crippen LogP contribution is -2.22. The first kappa shape index (κ1) is 10.2. The fourth-order valence-electron chi connectivity index (χ4n) is 1.12. The number of aryl methyl sites for hydroxylation is 1. The summed E-state index contributed by atoms with van der Waals surface area (Å²) in [7, 11) is 1.58. The Kier molecular flexibility index (Phi) is 2.55. The van der Waals surface area contributed by atoms with Crippen LogP contribution in [0.3, 0.4) is 0 Å². The standard InChI is InChI=1S/C10H9N3O3/c1-13-5-4-8(12-10(13)15)11-9(14)7-3-2-6-16-7/h2-6H,1H3,(H,11,12,14,15). The average Bonchev–Trinajstić information content (AvgIpc) is 2.77. The number of carbonyl (C=O) groups is 1. The first-order valence-corrected chi connectivity index (χ1v) is 4.55. The molecule has 0 saturated carbocycles. The molecule has 0 atom stereocenters. The highest BCUT2D eigenvalue weighted by molar-refractivity contribution is 6.01. The van der Waals surface area contributed by atoms with Crippen molar-refractivity contribution in [3.05, 3.63) is 46.9 Å². The van der Waals surface area contributed by atoms with Gasteiger partial charge in [-0.15, -0.1) is 0 Å². The van der Waals surface area contributed by atoms with Gasteiger partial charge in [-0.1, -0.05) is 0 Å². The van der Waals surface area contributed by atoms with Crippen LogP contribution in [0, 0.1) is 0 Å². The molecule has 0 fully saturated rings. The molecule has 0 aliphatic heterocycles. The highest BCUT2D eigenvalue weighted by atomic mass is 16.3. The SMILES string of the molecule is Cn1ccc(NC(=O)c2ccco2)nc1=O. The van der Waals surface area contributed by atoms with Crippen molar-refractivity contribution < 1.29 is 9.21 Å². The molecule has 0 aliphatic rings. The molecule has 0 aliphatic carbocycles. The second-order valence-corrected chi connectivity index (χ2v) is 3.14. The lowest BCUT2D eigenvalue weighted by atomic mass is 10.4. The highest BCUT2D eigenvalue weighted by Crippen LogP contribution is 2.04. The van der Waals surface area contributed by atoms with E-state index in [1.807, 2.05) is 0 Å². The molecule has 1 N–H and O–H groups in total. The van der Waals surface area contributed by atoms with Crippen molar-refractivity contribution in [1.29, 1.82) is 0 Å². The van der Waals surface area contributed by atoms with E-state index in [4.69, 9.17) is 4.42 Å². The summed E-state index contributed by atoms with van der Waals surface area (Å²) in [4.78, 5) is 26.4. The topological polar surface area (TPSA) is 77.1 Å². The zero-order valence-electron chi connectivity index (χ0n) is 8.51. The lowest BCUT2D eigenvalue weighted by Gasteiger charge is -2.02. The zero-order chi connectivity index (χ0) is 11.5. The van der Waals surface area contributed by atoms with Crippen LogP contribution in [0.25, 0.3) is 0 Å². The fourth-order valence-corrected chi connectivity index (χ4v) is 1.12. The molecule has 16 heavy (non-hydrogen) atoms. The Balaban J connectivity index is 2.19. The Morgan fingerprint density at radius 2 is 2.31 bits per heavy atom. The minimum atomic E-state index is -0.439. The van der Waals surface area contributed by atoms with Crippen LogP contribution in [0.2, 0.25) is 0 Å². The van der Waals surface area contributed by atoms with E-state index in [-0.39, 0.29) is 11.6 Å². The van der Waals surface area contributed by atoms with Crippen LogP contribution in [0.4, 0.5) is 5.82 Å². The number of carbonyl (C=O) groups excluding carboxylic acids is 1. The highest BCUT2D eigenvalue weighted by Gasteiger charge is 2.09. The zero-order valence-corrected chi connectivity index (χ0v) is 8.51. The maximum atomic E-state index is 11.5. The van der Waals surface area contributed by atoms with Crippen molar-refractivity contribution in [3.8, 4) is 0 Å². The minimum absolute atomic E-state index is 0.169. The average molecular weight is 219 g/mol. The molecule has 0 radical (unpaired) electrons. The van der Waals surface area contributed by atoms with Crippen molar-refractivity contribution >= 4 is 11.7 Å². The Bertz CT molecular complexity index is 557. The van der Waals surface area contributed by atoms with Crippen molar-refractivity contribution in [1.82, 2.24) is 9.55 Å². The maximum absolute atomic E-state index is 11.5. The third-order valence-electron chi connectivity index (χ3n) is 1.96. The van der Waals surface area contributed by atoms with E-state index in [0.717, 1.165) is 0 Å². The summed E-state index contributed by atoms with van der Waals surface area (Å²) in [5, 5.41) is 2.46. The summed E-state index contributed by atoms with van der Waals surface area (Å²) in [6.45, 7) is 0. The summed E-state index contributed by atoms with van der Waals surface area (Å²) in [5.74, 6) is -0.0715. The molecule has 2 heterocycles. The van der Waals surface area contributed by atoms with E-state index >= 15 is 0 Å². The molecular formula is C10H9N3O3. The molecule has 2 aromatic rings. The van der Waals surface area contributed by atoms with Crippen LogP contribution in [0.15, 0.2) is 39.9 Å². The Labute approximate surface area is 90.5 Å². The van der Waals surface area contributed by atoms with Crippen LogP contribution < -0.4 is 11.0 Å². The van der Waals surface area contributed by atoms with Gasteiger partial charge in [-0.05, 0) is 18.2 Å². The van der Waals surface area contributed by atoms with Crippen molar-refractivity contribution in [2.45, 2.75) is 0 Å². The van der Waals surface area contributed by atoms with Crippen LogP contribution in [0.5, 0.6) is 0 Å². The van der Waals surface area contributed by atoms with Gasteiger partial charge in [0.1, 0.15) is 5.82 Å². The number of aromatic nitrogens is 2.